The van der Waals surface area contributed by atoms with E-state index in [2.05, 4.69) is 10.3 Å². The van der Waals surface area contributed by atoms with Crippen molar-refractivity contribution in [2.45, 2.75) is 31.7 Å². The molecule has 1 aliphatic heterocycles. The zero-order chi connectivity index (χ0) is 12.4. The first-order valence-corrected chi connectivity index (χ1v) is 6.60. The zero-order valence-corrected chi connectivity index (χ0v) is 10.3. The molecule has 0 spiro atoms. The van der Waals surface area contributed by atoms with Gasteiger partial charge in [0.2, 0.25) is 0 Å². The molecular weight excluding hydrogens is 227 g/mol. The number of piperidine rings is 1. The molecule has 2 heterocycles. The molecule has 18 heavy (non-hydrogen) atoms. The van der Waals surface area contributed by atoms with Gasteiger partial charge >= 0.3 is 0 Å². The van der Waals surface area contributed by atoms with Crippen molar-refractivity contribution >= 4 is 10.9 Å². The molecule has 1 aliphatic rings. The molecule has 1 saturated heterocycles. The number of benzene rings is 1. The van der Waals surface area contributed by atoms with Crippen LogP contribution in [-0.4, -0.2) is 17.6 Å². The first-order valence-electron chi connectivity index (χ1n) is 6.60. The van der Waals surface area contributed by atoms with Gasteiger partial charge in [-0.2, -0.15) is 0 Å². The summed E-state index contributed by atoms with van der Waals surface area (Å²) in [5.41, 5.74) is 1.97. The molecule has 0 aliphatic carbocycles. The van der Waals surface area contributed by atoms with Gasteiger partial charge in [-0.1, -0.05) is 12.5 Å². The summed E-state index contributed by atoms with van der Waals surface area (Å²) in [6.45, 7) is 1.11. The molecule has 2 aromatic rings. The number of pyridine rings is 1. The van der Waals surface area contributed by atoms with Gasteiger partial charge in [0, 0.05) is 23.5 Å². The zero-order valence-electron chi connectivity index (χ0n) is 10.3. The predicted octanol–water partition coefficient (Wildman–Crippen LogP) is 3.06. The van der Waals surface area contributed by atoms with Gasteiger partial charge in [-0.15, -0.1) is 0 Å². The summed E-state index contributed by atoms with van der Waals surface area (Å²) in [4.78, 5) is 4.60. The average Bonchev–Trinajstić information content (AvgIpc) is 2.40. The van der Waals surface area contributed by atoms with Crippen LogP contribution >= 0.6 is 0 Å². The number of halogens is 1. The van der Waals surface area contributed by atoms with E-state index < -0.39 is 0 Å². The maximum absolute atomic E-state index is 13.1. The number of nitrogens with one attached hydrogen (secondary N) is 1. The van der Waals surface area contributed by atoms with Crippen molar-refractivity contribution in [3.05, 3.63) is 41.8 Å². The van der Waals surface area contributed by atoms with Crippen LogP contribution in [0.2, 0.25) is 0 Å². The average molecular weight is 244 g/mol. The van der Waals surface area contributed by atoms with Gasteiger partial charge in [0.25, 0.3) is 0 Å². The first-order chi connectivity index (χ1) is 8.81. The van der Waals surface area contributed by atoms with Crippen molar-refractivity contribution in [1.29, 1.82) is 0 Å². The fraction of sp³-hybridized carbons (Fsp3) is 0.400. The number of hydrogen-bond donors (Lipinski definition) is 1. The van der Waals surface area contributed by atoms with E-state index in [4.69, 9.17) is 0 Å². The topological polar surface area (TPSA) is 24.9 Å². The second kappa shape index (κ2) is 5.02. The molecule has 1 unspecified atom stereocenters. The third-order valence-electron chi connectivity index (χ3n) is 3.58. The van der Waals surface area contributed by atoms with Gasteiger partial charge in [0.05, 0.1) is 5.52 Å². The van der Waals surface area contributed by atoms with Gasteiger partial charge in [0.1, 0.15) is 5.82 Å². The molecule has 3 heteroatoms. The standard InChI is InChI=1S/C15H17FN2/c16-12-5-7-15-11(9-12)4-6-14(18-15)10-13-3-1-2-8-17-13/h4-7,9,13,17H,1-3,8,10H2. The SMILES string of the molecule is Fc1ccc2nc(CC3CCCCN3)ccc2c1. The monoisotopic (exact) mass is 244 g/mol. The lowest BCUT2D eigenvalue weighted by atomic mass is 10.00. The summed E-state index contributed by atoms with van der Waals surface area (Å²) in [5.74, 6) is -0.203. The molecule has 0 amide bonds. The van der Waals surface area contributed by atoms with Crippen LogP contribution in [0.5, 0.6) is 0 Å². The van der Waals surface area contributed by atoms with Gasteiger partial charge in [0.15, 0.2) is 0 Å². The number of nitrogens with zero attached hydrogens (tertiary/aromatic N) is 1. The van der Waals surface area contributed by atoms with Gasteiger partial charge in [-0.25, -0.2) is 4.39 Å². The van der Waals surface area contributed by atoms with Crippen molar-refractivity contribution in [3.8, 4) is 0 Å². The van der Waals surface area contributed by atoms with Crippen LogP contribution in [0.4, 0.5) is 4.39 Å². The largest absolute Gasteiger partial charge is 0.314 e. The van der Waals surface area contributed by atoms with Crippen LogP contribution in [0.1, 0.15) is 25.0 Å². The fourth-order valence-electron chi connectivity index (χ4n) is 2.60. The third-order valence-corrected chi connectivity index (χ3v) is 3.58. The Morgan fingerprint density at radius 2 is 2.17 bits per heavy atom. The van der Waals surface area contributed by atoms with E-state index in [9.17, 15) is 4.39 Å². The van der Waals surface area contributed by atoms with Crippen LogP contribution in [0.3, 0.4) is 0 Å². The van der Waals surface area contributed by atoms with Crippen molar-refractivity contribution in [1.82, 2.24) is 10.3 Å². The lowest BCUT2D eigenvalue weighted by Crippen LogP contribution is -2.35. The Hall–Kier alpha value is -1.48. The Balaban J connectivity index is 1.82. The molecule has 3 rings (SSSR count). The molecule has 1 aromatic heterocycles. The van der Waals surface area contributed by atoms with E-state index in [1.807, 2.05) is 12.1 Å². The van der Waals surface area contributed by atoms with E-state index in [0.29, 0.717) is 6.04 Å². The minimum Gasteiger partial charge on any atom is -0.314 e. The fourth-order valence-corrected chi connectivity index (χ4v) is 2.60. The van der Waals surface area contributed by atoms with E-state index in [1.165, 1.54) is 31.4 Å². The Bertz CT molecular complexity index is 547. The summed E-state index contributed by atoms with van der Waals surface area (Å²) < 4.78 is 13.1. The summed E-state index contributed by atoms with van der Waals surface area (Å²) in [7, 11) is 0. The molecule has 94 valence electrons. The number of rotatable bonds is 2. The molecule has 1 fully saturated rings. The van der Waals surface area contributed by atoms with Crippen LogP contribution < -0.4 is 5.32 Å². The smallest absolute Gasteiger partial charge is 0.123 e. The van der Waals surface area contributed by atoms with Crippen molar-refractivity contribution < 1.29 is 4.39 Å². The summed E-state index contributed by atoms with van der Waals surface area (Å²) in [6, 6.07) is 9.27. The lowest BCUT2D eigenvalue weighted by Gasteiger charge is -2.23. The van der Waals surface area contributed by atoms with E-state index in [0.717, 1.165) is 29.6 Å². The Kier molecular flexibility index (Phi) is 3.24. The second-order valence-corrected chi connectivity index (χ2v) is 4.99. The molecule has 1 aromatic carbocycles. The highest BCUT2D eigenvalue weighted by atomic mass is 19.1. The van der Waals surface area contributed by atoms with Crippen molar-refractivity contribution in [3.63, 3.8) is 0 Å². The molecule has 1 N–H and O–H groups in total. The Morgan fingerprint density at radius 3 is 3.00 bits per heavy atom. The van der Waals surface area contributed by atoms with Crippen molar-refractivity contribution in [2.75, 3.05) is 6.54 Å². The molecule has 0 saturated carbocycles. The highest BCUT2D eigenvalue weighted by Gasteiger charge is 2.13. The highest BCUT2D eigenvalue weighted by Crippen LogP contribution is 2.17. The van der Waals surface area contributed by atoms with Gasteiger partial charge < -0.3 is 5.32 Å². The minimum atomic E-state index is -0.203. The number of fused-ring (bicyclic) bond motifs is 1. The minimum absolute atomic E-state index is 0.203. The molecule has 2 nitrogen and oxygen atoms in total. The lowest BCUT2D eigenvalue weighted by molar-refractivity contribution is 0.397. The molecule has 0 radical (unpaired) electrons. The molecule has 1 atom stereocenters. The summed E-state index contributed by atoms with van der Waals surface area (Å²) >= 11 is 0. The predicted molar refractivity (Wildman–Crippen MR) is 71.0 cm³/mol. The quantitative estimate of drug-likeness (QED) is 0.878. The second-order valence-electron chi connectivity index (χ2n) is 4.99. The van der Waals surface area contributed by atoms with Gasteiger partial charge in [-0.3, -0.25) is 4.98 Å². The number of aromatic nitrogens is 1. The van der Waals surface area contributed by atoms with E-state index >= 15 is 0 Å². The van der Waals surface area contributed by atoms with E-state index in [1.54, 1.807) is 6.07 Å². The highest BCUT2D eigenvalue weighted by molar-refractivity contribution is 5.78. The molecule has 0 bridgehead atoms. The third kappa shape index (κ3) is 2.51. The van der Waals surface area contributed by atoms with Crippen LogP contribution in [0.25, 0.3) is 10.9 Å². The first kappa shape index (κ1) is 11.6. The van der Waals surface area contributed by atoms with Crippen LogP contribution in [-0.2, 0) is 6.42 Å². The number of hydrogen-bond acceptors (Lipinski definition) is 2. The Labute approximate surface area is 106 Å². The normalized spacial score (nSPS) is 20.2. The van der Waals surface area contributed by atoms with Crippen LogP contribution in [0, 0.1) is 5.82 Å². The maximum atomic E-state index is 13.1. The van der Waals surface area contributed by atoms with Gasteiger partial charge in [-0.05, 0) is 43.7 Å². The maximum Gasteiger partial charge on any atom is 0.123 e. The summed E-state index contributed by atoms with van der Waals surface area (Å²) in [6.07, 6.45) is 4.77. The van der Waals surface area contributed by atoms with Crippen molar-refractivity contribution in [2.24, 2.45) is 0 Å². The molecular formula is C15H17FN2. The summed E-state index contributed by atoms with van der Waals surface area (Å²) in [5, 5.41) is 4.40. The van der Waals surface area contributed by atoms with Crippen LogP contribution in [0.15, 0.2) is 30.3 Å². The Morgan fingerprint density at radius 1 is 1.22 bits per heavy atom. The van der Waals surface area contributed by atoms with E-state index in [-0.39, 0.29) is 5.82 Å².